The van der Waals surface area contributed by atoms with E-state index in [1.165, 1.54) is 35.5 Å². The summed E-state index contributed by atoms with van der Waals surface area (Å²) < 4.78 is 81.4. The molecule has 378 valence electrons. The van der Waals surface area contributed by atoms with Gasteiger partial charge in [0.2, 0.25) is 0 Å². The van der Waals surface area contributed by atoms with Crippen molar-refractivity contribution in [3.8, 4) is 0 Å². The molecule has 20 atom stereocenters. The highest BCUT2D eigenvalue weighted by Gasteiger charge is 2.57. The van der Waals surface area contributed by atoms with Gasteiger partial charge in [-0.2, -0.15) is 0 Å². The van der Waals surface area contributed by atoms with Gasteiger partial charge in [-0.3, -0.25) is 0 Å². The van der Waals surface area contributed by atoms with Gasteiger partial charge in [0.15, 0.2) is 25.2 Å². The number of ether oxygens (including phenoxy) is 13. The van der Waals surface area contributed by atoms with Gasteiger partial charge in [-0.25, -0.2) is 0 Å². The Hall–Kier alpha value is -2.27. The van der Waals surface area contributed by atoms with Crippen LogP contribution in [0.25, 0.3) is 10.4 Å². The van der Waals surface area contributed by atoms with Gasteiger partial charge in [0, 0.05) is 109 Å². The lowest BCUT2D eigenvalue weighted by molar-refractivity contribution is -0.389. The minimum absolute atomic E-state index is 0.0447. The molecule has 4 aliphatic rings. The van der Waals surface area contributed by atoms with Crippen LogP contribution in [0.1, 0.15) is 12.0 Å². The predicted octanol–water partition coefficient (Wildman–Crippen LogP) is -1.06. The Morgan fingerprint density at radius 1 is 0.515 bits per heavy atom. The van der Waals surface area contributed by atoms with Crippen LogP contribution in [-0.2, 0) is 68.2 Å². The molecule has 4 fully saturated rings. The third-order valence-corrected chi connectivity index (χ3v) is 13.3. The molecule has 23 nitrogen and oxygen atoms in total. The molecule has 1 aromatic rings. The summed E-state index contributed by atoms with van der Waals surface area (Å²) in [6.07, 6.45) is -14.8. The van der Waals surface area contributed by atoms with E-state index in [9.17, 15) is 35.7 Å². The number of rotatable bonds is 26. The van der Waals surface area contributed by atoms with Crippen LogP contribution >= 0.6 is 0 Å². The molecule has 8 unspecified atom stereocenters. The van der Waals surface area contributed by atoms with Gasteiger partial charge >= 0.3 is 0 Å². The number of methoxy groups -OCH3 is 5. The Morgan fingerprint density at radius 3 is 1.41 bits per heavy atom. The SMILES string of the molecule is COCC1O[C@@H](O[C@@H]2C(OC)[C@H](OC3[C@H](OCc4ccccc4)OC(CCO)[C@H](CO)[C@@H]3CO)OC(COC)[C@@H]2CO)C(OC)[C@@H](O[C@@H]2OC(CN=[N+]=[N-])[C@H](CO)[C@H](CO)C2OC)[C@H]1CO. The monoisotopic (exact) mass is 949 g/mol. The number of hydrogen-bond acceptors (Lipinski definition) is 21. The topological polar surface area (TPSA) is 310 Å². The summed E-state index contributed by atoms with van der Waals surface area (Å²) in [5.74, 6) is -4.58. The van der Waals surface area contributed by atoms with Crippen molar-refractivity contribution in [2.24, 2.45) is 40.6 Å². The van der Waals surface area contributed by atoms with Crippen LogP contribution in [0.3, 0.4) is 0 Å². The summed E-state index contributed by atoms with van der Waals surface area (Å²) >= 11 is 0. The fourth-order valence-corrected chi connectivity index (χ4v) is 9.83. The zero-order valence-electron chi connectivity index (χ0n) is 38.2. The maximum Gasteiger partial charge on any atom is 0.187 e. The Morgan fingerprint density at radius 2 is 0.955 bits per heavy atom. The van der Waals surface area contributed by atoms with Crippen molar-refractivity contribution in [1.29, 1.82) is 0 Å². The molecule has 4 heterocycles. The number of benzene rings is 1. The average molecular weight is 950 g/mol. The van der Waals surface area contributed by atoms with E-state index in [0.717, 1.165) is 5.56 Å². The first-order valence-corrected chi connectivity index (χ1v) is 22.3. The Balaban J connectivity index is 1.50. The van der Waals surface area contributed by atoms with Crippen molar-refractivity contribution in [3.63, 3.8) is 0 Å². The van der Waals surface area contributed by atoms with Crippen LogP contribution in [-0.4, -0.2) is 224 Å². The summed E-state index contributed by atoms with van der Waals surface area (Å²) in [5.41, 5.74) is 9.93. The van der Waals surface area contributed by atoms with E-state index in [1.54, 1.807) is 0 Å². The molecule has 66 heavy (non-hydrogen) atoms. The van der Waals surface area contributed by atoms with E-state index in [0.29, 0.717) is 0 Å². The second-order valence-electron chi connectivity index (χ2n) is 16.8. The molecular weight excluding hydrogens is 878 g/mol. The molecule has 23 heteroatoms. The minimum Gasteiger partial charge on any atom is -0.396 e. The van der Waals surface area contributed by atoms with E-state index in [2.05, 4.69) is 10.0 Å². The van der Waals surface area contributed by atoms with Crippen molar-refractivity contribution in [2.75, 3.05) is 102 Å². The molecule has 0 aromatic heterocycles. The van der Waals surface area contributed by atoms with Gasteiger partial charge in [0.1, 0.15) is 24.4 Å². The van der Waals surface area contributed by atoms with E-state index >= 15 is 0 Å². The van der Waals surface area contributed by atoms with Gasteiger partial charge in [-0.15, -0.1) is 0 Å². The van der Waals surface area contributed by atoms with Gasteiger partial charge in [0.05, 0.1) is 76.2 Å². The molecule has 7 N–H and O–H groups in total. The van der Waals surface area contributed by atoms with E-state index < -0.39 is 161 Å². The van der Waals surface area contributed by atoms with E-state index in [4.69, 9.17) is 67.1 Å². The molecule has 0 saturated carbocycles. The standard InChI is InChI=1S/C43H71N3O20/c1-54-21-32-28(18-52)34(64-41-36(56-3)26(16-50)25(15-49)31(61-41)13-45-46-44)38(57-4)42(62-32)65-35-29(19-53)33(22-55-2)63-43(39(35)58-5)66-37-27(17-51)24(14-48)30(11-12-47)60-40(37)59-20-23-9-7-6-8-10-23/h6-10,24-43,47-53H,11-22H2,1-5H3/t24-,25-,26+,27+,28+,29+,30?,31?,32?,33?,34+,35+,36?,37?,38?,39?,40-,41+,42+,43+/m1/s1. The molecule has 4 saturated heterocycles. The highest BCUT2D eigenvalue weighted by atomic mass is 16.8. The quantitative estimate of drug-likeness (QED) is 0.0331. The van der Waals surface area contributed by atoms with E-state index in [-0.39, 0.29) is 39.4 Å². The third kappa shape index (κ3) is 12.7. The van der Waals surface area contributed by atoms with Crippen LogP contribution in [0.2, 0.25) is 0 Å². The van der Waals surface area contributed by atoms with Crippen LogP contribution in [0.5, 0.6) is 0 Å². The van der Waals surface area contributed by atoms with Crippen molar-refractivity contribution >= 4 is 0 Å². The highest BCUT2D eigenvalue weighted by Crippen LogP contribution is 2.42. The summed E-state index contributed by atoms with van der Waals surface area (Å²) in [4.78, 5) is 2.84. The first-order chi connectivity index (χ1) is 32.2. The van der Waals surface area contributed by atoms with Crippen molar-refractivity contribution in [2.45, 2.75) is 99.2 Å². The van der Waals surface area contributed by atoms with Crippen LogP contribution in [0.15, 0.2) is 35.4 Å². The van der Waals surface area contributed by atoms with Crippen LogP contribution in [0, 0.1) is 35.5 Å². The van der Waals surface area contributed by atoms with Gasteiger partial charge in [0.25, 0.3) is 0 Å². The van der Waals surface area contributed by atoms with Crippen molar-refractivity contribution in [1.82, 2.24) is 0 Å². The lowest BCUT2D eigenvalue weighted by Crippen LogP contribution is -2.66. The maximum absolute atomic E-state index is 11.0. The molecular formula is C43H71N3O20. The third-order valence-electron chi connectivity index (χ3n) is 13.3. The van der Waals surface area contributed by atoms with Gasteiger partial charge < -0.3 is 97.3 Å². The molecule has 4 aliphatic heterocycles. The number of aliphatic hydroxyl groups excluding tert-OH is 7. The van der Waals surface area contributed by atoms with Gasteiger partial charge in [-0.05, 0) is 17.5 Å². The minimum atomic E-state index is -1.34. The lowest BCUT2D eigenvalue weighted by atomic mass is 9.80. The maximum atomic E-state index is 11.0. The summed E-state index contributed by atoms with van der Waals surface area (Å²) in [5, 5.41) is 77.8. The number of hydrogen-bond donors (Lipinski definition) is 7. The fourth-order valence-electron chi connectivity index (χ4n) is 9.83. The predicted molar refractivity (Wildman–Crippen MR) is 226 cm³/mol. The van der Waals surface area contributed by atoms with E-state index in [1.807, 2.05) is 30.3 Å². The average Bonchev–Trinajstić information content (AvgIpc) is 3.33. The summed E-state index contributed by atoms with van der Waals surface area (Å²) in [6.45, 7) is -3.14. The zero-order chi connectivity index (χ0) is 47.8. The number of nitrogens with zero attached hydrogens (tertiary/aromatic N) is 3. The van der Waals surface area contributed by atoms with Crippen molar-refractivity contribution in [3.05, 3.63) is 46.3 Å². The Kier molecular flexibility index (Phi) is 23.0. The van der Waals surface area contributed by atoms with Crippen molar-refractivity contribution < 1.29 is 97.3 Å². The first-order valence-electron chi connectivity index (χ1n) is 22.3. The summed E-state index contributed by atoms with van der Waals surface area (Å²) in [7, 11) is 7.10. The van der Waals surface area contributed by atoms with Crippen LogP contribution < -0.4 is 0 Å². The molecule has 0 spiro atoms. The molecule has 0 radical (unpaired) electrons. The van der Waals surface area contributed by atoms with Gasteiger partial charge in [-0.1, -0.05) is 35.4 Å². The molecule has 0 bridgehead atoms. The normalized spacial score (nSPS) is 39.6. The Bertz CT molecular complexity index is 1560. The number of aliphatic hydroxyl groups is 7. The smallest absolute Gasteiger partial charge is 0.187 e. The second kappa shape index (κ2) is 27.8. The highest BCUT2D eigenvalue weighted by molar-refractivity contribution is 5.13. The number of azide groups is 1. The Labute approximate surface area is 384 Å². The van der Waals surface area contributed by atoms with Crippen LogP contribution in [0.4, 0.5) is 0 Å². The first kappa shape index (κ1) is 54.7. The summed E-state index contributed by atoms with van der Waals surface area (Å²) in [6, 6.07) is 9.33. The fraction of sp³-hybridized carbons (Fsp3) is 0.860. The zero-order valence-corrected chi connectivity index (χ0v) is 38.2. The molecule has 1 aromatic carbocycles. The molecule has 0 aliphatic carbocycles. The molecule has 0 amide bonds. The lowest BCUT2D eigenvalue weighted by Gasteiger charge is -2.52. The molecule has 5 rings (SSSR count). The largest absolute Gasteiger partial charge is 0.396 e. The second-order valence-corrected chi connectivity index (χ2v) is 16.8.